The minimum absolute atomic E-state index is 0.128. The van der Waals surface area contributed by atoms with Crippen LogP contribution in [0, 0.1) is 0 Å². The number of hydrogen-bond acceptors (Lipinski definition) is 3. The lowest BCUT2D eigenvalue weighted by Crippen LogP contribution is -2.14. The van der Waals surface area contributed by atoms with Crippen molar-refractivity contribution in [3.63, 3.8) is 0 Å². The lowest BCUT2D eigenvalue weighted by atomic mass is 10.1. The molecule has 0 saturated heterocycles. The minimum Gasteiger partial charge on any atom is -0.496 e. The largest absolute Gasteiger partial charge is 0.496 e. The van der Waals surface area contributed by atoms with Gasteiger partial charge in [0.15, 0.2) is 0 Å². The average Bonchev–Trinajstić information content (AvgIpc) is 2.46. The summed E-state index contributed by atoms with van der Waals surface area (Å²) in [5.41, 5.74) is 7.18. The zero-order valence-corrected chi connectivity index (χ0v) is 14.1. The van der Waals surface area contributed by atoms with Crippen LogP contribution < -0.4 is 10.5 Å². The lowest BCUT2D eigenvalue weighted by Gasteiger charge is -2.15. The number of nitrogens with two attached hydrogens (primary N) is 1. The molecule has 2 N–H and O–H groups in total. The van der Waals surface area contributed by atoms with Gasteiger partial charge in [-0.3, -0.25) is 0 Å². The highest BCUT2D eigenvalue weighted by atomic mass is 79.9. The first kappa shape index (κ1) is 15.7. The number of ether oxygens (including phenoxy) is 1. The topological polar surface area (TPSA) is 35.2 Å². The number of rotatable bonds is 5. The molecule has 2 aromatic rings. The number of thioether (sulfide) groups is 1. The van der Waals surface area contributed by atoms with Crippen molar-refractivity contribution in [2.24, 2.45) is 5.73 Å². The third-order valence-corrected chi connectivity index (χ3v) is 4.73. The first-order chi connectivity index (χ1) is 9.60. The first-order valence-corrected chi connectivity index (χ1v) is 8.23. The Kier molecular flexibility index (Phi) is 5.78. The highest BCUT2D eigenvalue weighted by molar-refractivity contribution is 9.10. The van der Waals surface area contributed by atoms with Gasteiger partial charge in [-0.25, -0.2) is 0 Å². The molecule has 2 rings (SSSR count). The fourth-order valence-corrected chi connectivity index (χ4v) is 3.13. The van der Waals surface area contributed by atoms with Crippen LogP contribution in [0.15, 0.2) is 51.8 Å². The van der Waals surface area contributed by atoms with E-state index in [1.165, 1.54) is 4.90 Å². The van der Waals surface area contributed by atoms with Gasteiger partial charge in [-0.15, -0.1) is 11.8 Å². The summed E-state index contributed by atoms with van der Waals surface area (Å²) in [6.45, 7) is 0. The Balaban J connectivity index is 2.06. The summed E-state index contributed by atoms with van der Waals surface area (Å²) < 4.78 is 6.41. The fraction of sp³-hybridized carbons (Fsp3) is 0.200. The number of benzene rings is 2. The first-order valence-electron chi connectivity index (χ1n) is 6.07. The summed E-state index contributed by atoms with van der Waals surface area (Å²) >= 11 is 11.2. The smallest absolute Gasteiger partial charge is 0.123 e. The van der Waals surface area contributed by atoms with E-state index in [2.05, 4.69) is 28.1 Å². The maximum Gasteiger partial charge on any atom is 0.123 e. The second-order valence-corrected chi connectivity index (χ2v) is 6.70. The monoisotopic (exact) mass is 371 g/mol. The second-order valence-electron chi connectivity index (χ2n) is 4.26. The molecule has 0 radical (unpaired) electrons. The quantitative estimate of drug-likeness (QED) is 0.758. The van der Waals surface area contributed by atoms with Crippen LogP contribution in [0.1, 0.15) is 11.6 Å². The molecule has 0 saturated carbocycles. The summed E-state index contributed by atoms with van der Waals surface area (Å²) in [6, 6.07) is 13.6. The molecule has 2 nitrogen and oxygen atoms in total. The maximum atomic E-state index is 6.25. The Hall–Kier alpha value is -0.680. The van der Waals surface area contributed by atoms with Crippen molar-refractivity contribution in [2.75, 3.05) is 12.9 Å². The minimum atomic E-state index is -0.128. The van der Waals surface area contributed by atoms with Crippen LogP contribution >= 0.6 is 39.3 Å². The zero-order chi connectivity index (χ0) is 14.5. The van der Waals surface area contributed by atoms with E-state index in [0.29, 0.717) is 5.02 Å². The van der Waals surface area contributed by atoms with E-state index in [1.807, 2.05) is 24.3 Å². The van der Waals surface area contributed by atoms with Crippen molar-refractivity contribution >= 4 is 39.3 Å². The summed E-state index contributed by atoms with van der Waals surface area (Å²) in [5.74, 6) is 1.54. The van der Waals surface area contributed by atoms with Gasteiger partial charge in [-0.2, -0.15) is 0 Å². The number of halogens is 2. The van der Waals surface area contributed by atoms with Crippen molar-refractivity contribution in [3.05, 3.63) is 57.5 Å². The summed E-state index contributed by atoms with van der Waals surface area (Å²) in [5, 5.41) is 0.671. The molecule has 1 unspecified atom stereocenters. The highest BCUT2D eigenvalue weighted by Crippen LogP contribution is 2.31. The fourth-order valence-electron chi connectivity index (χ4n) is 1.80. The molecule has 0 amide bonds. The van der Waals surface area contributed by atoms with E-state index < -0.39 is 0 Å². The van der Waals surface area contributed by atoms with Gasteiger partial charge < -0.3 is 10.5 Å². The molecule has 0 aliphatic carbocycles. The summed E-state index contributed by atoms with van der Waals surface area (Å²) in [7, 11) is 1.64. The molecular formula is C15H15BrClNOS. The predicted molar refractivity (Wildman–Crippen MR) is 89.8 cm³/mol. The standard InChI is InChI=1S/C15H15BrClNOS/c1-19-15-7-4-11(17)8-13(15)14(18)9-20-12-5-2-10(16)3-6-12/h2-8,14H,9,18H2,1H3. The molecule has 106 valence electrons. The normalized spacial score (nSPS) is 12.2. The Labute approximate surface area is 136 Å². The van der Waals surface area contributed by atoms with Crippen molar-refractivity contribution in [1.29, 1.82) is 0 Å². The molecule has 2 aromatic carbocycles. The Morgan fingerprint density at radius 1 is 1.25 bits per heavy atom. The molecule has 20 heavy (non-hydrogen) atoms. The van der Waals surface area contributed by atoms with Gasteiger partial charge in [0.1, 0.15) is 5.75 Å². The van der Waals surface area contributed by atoms with Crippen molar-refractivity contribution in [3.8, 4) is 5.75 Å². The third kappa shape index (κ3) is 4.16. The van der Waals surface area contributed by atoms with Gasteiger partial charge in [0, 0.05) is 31.7 Å². The molecule has 0 aliphatic heterocycles. The van der Waals surface area contributed by atoms with Crippen LogP contribution in [0.5, 0.6) is 5.75 Å². The van der Waals surface area contributed by atoms with Crippen LogP contribution in [0.3, 0.4) is 0 Å². The van der Waals surface area contributed by atoms with E-state index in [-0.39, 0.29) is 6.04 Å². The Morgan fingerprint density at radius 3 is 2.60 bits per heavy atom. The van der Waals surface area contributed by atoms with Crippen molar-refractivity contribution in [2.45, 2.75) is 10.9 Å². The molecule has 0 bridgehead atoms. The van der Waals surface area contributed by atoms with E-state index >= 15 is 0 Å². The molecule has 0 fully saturated rings. The van der Waals surface area contributed by atoms with E-state index in [4.69, 9.17) is 22.1 Å². The highest BCUT2D eigenvalue weighted by Gasteiger charge is 2.13. The van der Waals surface area contributed by atoms with Gasteiger partial charge >= 0.3 is 0 Å². The van der Waals surface area contributed by atoms with Crippen molar-refractivity contribution < 1.29 is 4.74 Å². The molecule has 0 spiro atoms. The average molecular weight is 373 g/mol. The third-order valence-electron chi connectivity index (χ3n) is 2.83. The Bertz CT molecular complexity index is 577. The molecule has 0 heterocycles. The van der Waals surface area contributed by atoms with Gasteiger partial charge in [0.2, 0.25) is 0 Å². The van der Waals surface area contributed by atoms with Crippen LogP contribution in [-0.4, -0.2) is 12.9 Å². The van der Waals surface area contributed by atoms with Crippen LogP contribution in [0.25, 0.3) is 0 Å². The number of methoxy groups -OCH3 is 1. The second kappa shape index (κ2) is 7.36. The molecule has 0 aliphatic rings. The van der Waals surface area contributed by atoms with Crippen molar-refractivity contribution in [1.82, 2.24) is 0 Å². The number of hydrogen-bond donors (Lipinski definition) is 1. The van der Waals surface area contributed by atoms with Crippen LogP contribution in [-0.2, 0) is 0 Å². The zero-order valence-electron chi connectivity index (χ0n) is 11.0. The summed E-state index contributed by atoms with van der Waals surface area (Å²) in [6.07, 6.45) is 0. The molecular weight excluding hydrogens is 358 g/mol. The molecule has 5 heteroatoms. The maximum absolute atomic E-state index is 6.25. The van der Waals surface area contributed by atoms with E-state index in [9.17, 15) is 0 Å². The van der Waals surface area contributed by atoms with Gasteiger partial charge in [0.25, 0.3) is 0 Å². The summed E-state index contributed by atoms with van der Waals surface area (Å²) in [4.78, 5) is 1.18. The Morgan fingerprint density at radius 2 is 1.95 bits per heavy atom. The lowest BCUT2D eigenvalue weighted by molar-refractivity contribution is 0.407. The van der Waals surface area contributed by atoms with Crippen LogP contribution in [0.2, 0.25) is 5.02 Å². The van der Waals surface area contributed by atoms with Gasteiger partial charge in [-0.1, -0.05) is 27.5 Å². The predicted octanol–water partition coefficient (Wildman–Crippen LogP) is 4.90. The van der Waals surface area contributed by atoms with E-state index in [0.717, 1.165) is 21.5 Å². The van der Waals surface area contributed by atoms with Crippen LogP contribution in [0.4, 0.5) is 0 Å². The SMILES string of the molecule is COc1ccc(Cl)cc1C(N)CSc1ccc(Br)cc1. The van der Waals surface area contributed by atoms with Gasteiger partial charge in [-0.05, 0) is 42.5 Å². The van der Waals surface area contributed by atoms with Gasteiger partial charge in [0.05, 0.1) is 7.11 Å². The van der Waals surface area contributed by atoms with E-state index in [1.54, 1.807) is 24.9 Å². The molecule has 1 atom stereocenters. The molecule has 0 aromatic heterocycles.